The molecular formula is C20H18F3N3O. The lowest BCUT2D eigenvalue weighted by molar-refractivity contribution is -0.137. The number of carbonyl (C=O) groups excluding carboxylic acids is 1. The van der Waals surface area contributed by atoms with Crippen molar-refractivity contribution in [2.24, 2.45) is 5.92 Å². The quantitative estimate of drug-likeness (QED) is 0.704. The molecule has 0 aliphatic heterocycles. The normalized spacial score (nSPS) is 20.4. The van der Waals surface area contributed by atoms with Crippen molar-refractivity contribution in [3.05, 3.63) is 65.5 Å². The molecule has 3 unspecified atom stereocenters. The van der Waals surface area contributed by atoms with Crippen molar-refractivity contribution in [2.45, 2.75) is 31.5 Å². The molecule has 0 bridgehead atoms. The standard InChI is InChI=1S/C20H18F3N3O/c1-11(18-25-16-4-2-3-5-17(16)26-18)24-19(27)15-10-14(15)12-6-8-13(9-7-12)20(21,22)23/h2-9,11,14-15H,10H2,1H3,(H,24,27)(H,25,26). The van der Waals surface area contributed by atoms with Gasteiger partial charge in [0.1, 0.15) is 5.82 Å². The van der Waals surface area contributed by atoms with Crippen LogP contribution < -0.4 is 5.32 Å². The molecular weight excluding hydrogens is 355 g/mol. The third-order valence-corrected chi connectivity index (χ3v) is 4.97. The number of alkyl halides is 3. The second-order valence-corrected chi connectivity index (χ2v) is 6.94. The van der Waals surface area contributed by atoms with Crippen LogP contribution in [0.1, 0.15) is 42.3 Å². The molecule has 1 heterocycles. The Morgan fingerprint density at radius 3 is 2.56 bits per heavy atom. The molecule has 2 aromatic carbocycles. The van der Waals surface area contributed by atoms with Gasteiger partial charge < -0.3 is 10.3 Å². The lowest BCUT2D eigenvalue weighted by Crippen LogP contribution is -2.29. The van der Waals surface area contributed by atoms with Gasteiger partial charge in [-0.05, 0) is 49.1 Å². The highest BCUT2D eigenvalue weighted by molar-refractivity contribution is 5.83. The second-order valence-electron chi connectivity index (χ2n) is 6.94. The molecule has 0 spiro atoms. The minimum atomic E-state index is -4.35. The van der Waals surface area contributed by atoms with Gasteiger partial charge >= 0.3 is 6.18 Å². The van der Waals surface area contributed by atoms with Crippen molar-refractivity contribution in [3.63, 3.8) is 0 Å². The second kappa shape index (κ2) is 6.40. The number of H-pyrrole nitrogens is 1. The van der Waals surface area contributed by atoms with Gasteiger partial charge in [0.25, 0.3) is 0 Å². The van der Waals surface area contributed by atoms with Gasteiger partial charge in [0, 0.05) is 5.92 Å². The summed E-state index contributed by atoms with van der Waals surface area (Å²) in [5.41, 5.74) is 1.83. The van der Waals surface area contributed by atoms with E-state index >= 15 is 0 Å². The number of hydrogen-bond donors (Lipinski definition) is 2. The van der Waals surface area contributed by atoms with E-state index < -0.39 is 11.7 Å². The topological polar surface area (TPSA) is 57.8 Å². The summed E-state index contributed by atoms with van der Waals surface area (Å²) < 4.78 is 37.9. The first kappa shape index (κ1) is 17.6. The molecule has 7 heteroatoms. The van der Waals surface area contributed by atoms with Gasteiger partial charge in [-0.25, -0.2) is 4.98 Å². The maximum absolute atomic E-state index is 12.6. The smallest absolute Gasteiger partial charge is 0.346 e. The van der Waals surface area contributed by atoms with Crippen molar-refractivity contribution in [2.75, 3.05) is 0 Å². The third kappa shape index (κ3) is 3.54. The first-order valence-electron chi connectivity index (χ1n) is 8.75. The summed E-state index contributed by atoms with van der Waals surface area (Å²) >= 11 is 0. The summed E-state index contributed by atoms with van der Waals surface area (Å²) in [6.45, 7) is 1.85. The van der Waals surface area contributed by atoms with Crippen molar-refractivity contribution < 1.29 is 18.0 Å². The van der Waals surface area contributed by atoms with Gasteiger partial charge in [0.05, 0.1) is 22.6 Å². The summed E-state index contributed by atoms with van der Waals surface area (Å²) in [6.07, 6.45) is -3.70. The van der Waals surface area contributed by atoms with E-state index in [0.29, 0.717) is 12.2 Å². The molecule has 1 fully saturated rings. The highest BCUT2D eigenvalue weighted by Gasteiger charge is 2.44. The van der Waals surface area contributed by atoms with Gasteiger partial charge in [0.2, 0.25) is 5.91 Å². The van der Waals surface area contributed by atoms with E-state index in [0.717, 1.165) is 28.7 Å². The van der Waals surface area contributed by atoms with E-state index in [4.69, 9.17) is 0 Å². The van der Waals surface area contributed by atoms with Crippen LogP contribution in [0.25, 0.3) is 11.0 Å². The first-order valence-corrected chi connectivity index (χ1v) is 8.75. The van der Waals surface area contributed by atoms with Crippen molar-refractivity contribution in [1.82, 2.24) is 15.3 Å². The fraction of sp³-hybridized carbons (Fsp3) is 0.300. The van der Waals surface area contributed by atoms with Gasteiger partial charge in [-0.1, -0.05) is 24.3 Å². The van der Waals surface area contributed by atoms with Crippen LogP contribution in [0.15, 0.2) is 48.5 Å². The van der Waals surface area contributed by atoms with Crippen molar-refractivity contribution >= 4 is 16.9 Å². The molecule has 1 aliphatic rings. The van der Waals surface area contributed by atoms with E-state index in [2.05, 4.69) is 15.3 Å². The van der Waals surface area contributed by atoms with E-state index in [-0.39, 0.29) is 23.8 Å². The predicted octanol–water partition coefficient (Wildman–Crippen LogP) is 4.56. The number of para-hydroxylation sites is 2. The van der Waals surface area contributed by atoms with Gasteiger partial charge in [0.15, 0.2) is 0 Å². The van der Waals surface area contributed by atoms with Gasteiger partial charge in [-0.15, -0.1) is 0 Å². The van der Waals surface area contributed by atoms with Gasteiger partial charge in [-0.2, -0.15) is 13.2 Å². The SMILES string of the molecule is CC(NC(=O)C1CC1c1ccc(C(F)(F)F)cc1)c1nc2ccccc2[nH]1. The maximum atomic E-state index is 12.6. The van der Waals surface area contributed by atoms with E-state index in [1.807, 2.05) is 31.2 Å². The van der Waals surface area contributed by atoms with Crippen LogP contribution in [0.5, 0.6) is 0 Å². The molecule has 27 heavy (non-hydrogen) atoms. The van der Waals surface area contributed by atoms with Crippen LogP contribution >= 0.6 is 0 Å². The average Bonchev–Trinajstić information content (AvgIpc) is 3.32. The van der Waals surface area contributed by atoms with E-state index in [1.54, 1.807) is 0 Å². The van der Waals surface area contributed by atoms with Gasteiger partial charge in [-0.3, -0.25) is 4.79 Å². The van der Waals surface area contributed by atoms with Crippen LogP contribution in [0.4, 0.5) is 13.2 Å². The number of fused-ring (bicyclic) bond motifs is 1. The molecule has 4 rings (SSSR count). The number of halogens is 3. The van der Waals surface area contributed by atoms with Crippen LogP contribution in [0.3, 0.4) is 0 Å². The van der Waals surface area contributed by atoms with Crippen molar-refractivity contribution in [3.8, 4) is 0 Å². The number of imidazole rings is 1. The Morgan fingerprint density at radius 1 is 1.19 bits per heavy atom. The Balaban J connectivity index is 1.39. The van der Waals surface area contributed by atoms with E-state index in [9.17, 15) is 18.0 Å². The number of nitrogens with one attached hydrogen (secondary N) is 2. The summed E-state index contributed by atoms with van der Waals surface area (Å²) in [5.74, 6) is 0.327. The largest absolute Gasteiger partial charge is 0.416 e. The zero-order valence-electron chi connectivity index (χ0n) is 14.5. The monoisotopic (exact) mass is 373 g/mol. The summed E-state index contributed by atoms with van der Waals surface area (Å²) in [5, 5.41) is 2.94. The number of hydrogen-bond acceptors (Lipinski definition) is 2. The molecule has 140 valence electrons. The van der Waals surface area contributed by atoms with Crippen LogP contribution in [0, 0.1) is 5.92 Å². The number of nitrogens with zero attached hydrogens (tertiary/aromatic N) is 1. The zero-order chi connectivity index (χ0) is 19.2. The summed E-state index contributed by atoms with van der Waals surface area (Å²) in [7, 11) is 0. The molecule has 0 saturated heterocycles. The number of amides is 1. The number of rotatable bonds is 4. The number of benzene rings is 2. The van der Waals surface area contributed by atoms with E-state index in [1.165, 1.54) is 12.1 Å². The van der Waals surface area contributed by atoms with Crippen LogP contribution in [-0.4, -0.2) is 15.9 Å². The Labute approximate surface area is 153 Å². The fourth-order valence-corrected chi connectivity index (χ4v) is 3.34. The Bertz CT molecular complexity index is 945. The summed E-state index contributed by atoms with van der Waals surface area (Å²) in [6, 6.07) is 12.4. The molecule has 1 amide bonds. The molecule has 1 saturated carbocycles. The lowest BCUT2D eigenvalue weighted by atomic mass is 10.1. The first-order chi connectivity index (χ1) is 12.8. The maximum Gasteiger partial charge on any atom is 0.416 e. The molecule has 1 aromatic heterocycles. The number of aromatic nitrogens is 2. The number of carbonyl (C=O) groups is 1. The molecule has 1 aliphatic carbocycles. The minimum Gasteiger partial charge on any atom is -0.346 e. The predicted molar refractivity (Wildman–Crippen MR) is 94.9 cm³/mol. The average molecular weight is 373 g/mol. The van der Waals surface area contributed by atoms with Crippen LogP contribution in [0.2, 0.25) is 0 Å². The third-order valence-electron chi connectivity index (χ3n) is 4.97. The fourth-order valence-electron chi connectivity index (χ4n) is 3.34. The highest BCUT2D eigenvalue weighted by atomic mass is 19.4. The Kier molecular flexibility index (Phi) is 4.17. The summed E-state index contributed by atoms with van der Waals surface area (Å²) in [4.78, 5) is 20.2. The Morgan fingerprint density at radius 2 is 1.89 bits per heavy atom. The number of aromatic amines is 1. The Hall–Kier alpha value is -2.83. The lowest BCUT2D eigenvalue weighted by Gasteiger charge is -2.11. The molecule has 4 nitrogen and oxygen atoms in total. The molecule has 3 aromatic rings. The molecule has 3 atom stereocenters. The molecule has 2 N–H and O–H groups in total. The minimum absolute atomic E-state index is 0.0323. The highest BCUT2D eigenvalue weighted by Crippen LogP contribution is 2.48. The van der Waals surface area contributed by atoms with Crippen LogP contribution in [-0.2, 0) is 11.0 Å². The zero-order valence-corrected chi connectivity index (χ0v) is 14.5. The van der Waals surface area contributed by atoms with Crippen molar-refractivity contribution in [1.29, 1.82) is 0 Å². The molecule has 0 radical (unpaired) electrons.